The molecule has 0 aliphatic heterocycles. The molecule has 1 aromatic rings. The van der Waals surface area contributed by atoms with Crippen molar-refractivity contribution in [1.82, 2.24) is 0 Å². The molecule has 4 nitrogen and oxygen atoms in total. The Morgan fingerprint density at radius 1 is 1.20 bits per heavy atom. The van der Waals surface area contributed by atoms with Gasteiger partial charge in [0.1, 0.15) is 17.1 Å². The number of aliphatic hydroxyl groups is 1. The second-order valence-electron chi connectivity index (χ2n) is 4.18. The number of benzene rings is 1. The van der Waals surface area contributed by atoms with Crippen LogP contribution in [0.5, 0.6) is 11.5 Å². The van der Waals surface area contributed by atoms with Crippen molar-refractivity contribution in [3.63, 3.8) is 0 Å². The highest BCUT2D eigenvalue weighted by atomic mass is 35.5. The van der Waals surface area contributed by atoms with Crippen molar-refractivity contribution < 1.29 is 19.4 Å². The first-order valence-electron chi connectivity index (χ1n) is 5.67. The van der Waals surface area contributed by atoms with Gasteiger partial charge < -0.3 is 14.6 Å². The van der Waals surface area contributed by atoms with E-state index in [1.54, 1.807) is 18.2 Å². The maximum Gasteiger partial charge on any atom is 0.198 e. The normalized spacial score (nSPS) is 22.1. The van der Waals surface area contributed by atoms with Crippen LogP contribution >= 0.6 is 23.2 Å². The summed E-state index contributed by atoms with van der Waals surface area (Å²) < 4.78 is 10.3. The van der Waals surface area contributed by atoms with Gasteiger partial charge in [-0.15, -0.1) is 0 Å². The minimum Gasteiger partial charge on any atom is -0.497 e. The van der Waals surface area contributed by atoms with Crippen molar-refractivity contribution in [1.29, 1.82) is 0 Å². The van der Waals surface area contributed by atoms with Crippen LogP contribution in [0, 0.1) is 0 Å². The first-order valence-corrected chi connectivity index (χ1v) is 6.43. The molecule has 0 saturated carbocycles. The van der Waals surface area contributed by atoms with Gasteiger partial charge in [-0.1, -0.05) is 23.2 Å². The lowest BCUT2D eigenvalue weighted by molar-refractivity contribution is -0.111. The van der Waals surface area contributed by atoms with Gasteiger partial charge in [0.25, 0.3) is 0 Å². The third-order valence-electron chi connectivity index (χ3n) is 3.01. The molecule has 0 aromatic heterocycles. The van der Waals surface area contributed by atoms with Gasteiger partial charge in [0, 0.05) is 11.6 Å². The van der Waals surface area contributed by atoms with Crippen LogP contribution in [0.3, 0.4) is 0 Å². The number of halogens is 2. The van der Waals surface area contributed by atoms with Crippen LogP contribution in [-0.4, -0.2) is 25.1 Å². The van der Waals surface area contributed by atoms with Crippen LogP contribution in [-0.2, 0) is 10.4 Å². The Labute approximate surface area is 126 Å². The largest absolute Gasteiger partial charge is 0.497 e. The zero-order valence-electron chi connectivity index (χ0n) is 10.8. The number of hydrogen-bond acceptors (Lipinski definition) is 4. The minimum absolute atomic E-state index is 0.0570. The zero-order chi connectivity index (χ0) is 14.9. The number of methoxy groups -OCH3 is 2. The third kappa shape index (κ3) is 2.42. The van der Waals surface area contributed by atoms with Gasteiger partial charge in [-0.2, -0.15) is 0 Å². The molecule has 2 rings (SSSR count). The lowest BCUT2D eigenvalue weighted by Crippen LogP contribution is -2.28. The fraction of sp³-hybridized carbons (Fsp3) is 0.214. The molecule has 0 saturated heterocycles. The van der Waals surface area contributed by atoms with Gasteiger partial charge in [-0.05, 0) is 24.3 Å². The quantitative estimate of drug-likeness (QED) is 0.932. The molecule has 0 fully saturated rings. The average Bonchev–Trinajstić information content (AvgIpc) is 2.44. The molecule has 1 aliphatic carbocycles. The summed E-state index contributed by atoms with van der Waals surface area (Å²) in [7, 11) is 2.96. The smallest absolute Gasteiger partial charge is 0.198 e. The number of ether oxygens (including phenoxy) is 2. The maximum atomic E-state index is 11.5. The molecule has 0 heterocycles. The predicted octanol–water partition coefficient (Wildman–Crippen LogP) is 2.72. The number of rotatable bonds is 3. The molecule has 0 amide bonds. The second kappa shape index (κ2) is 5.48. The number of ketones is 1. The van der Waals surface area contributed by atoms with Crippen LogP contribution in [0.4, 0.5) is 0 Å². The first kappa shape index (κ1) is 14.9. The first-order chi connectivity index (χ1) is 9.42. The third-order valence-corrected chi connectivity index (χ3v) is 3.70. The van der Waals surface area contributed by atoms with E-state index in [1.807, 2.05) is 0 Å². The molecule has 1 aliphatic rings. The van der Waals surface area contributed by atoms with Crippen LogP contribution < -0.4 is 9.47 Å². The molecule has 0 radical (unpaired) electrons. The second-order valence-corrected chi connectivity index (χ2v) is 5.00. The molecule has 106 valence electrons. The fourth-order valence-electron chi connectivity index (χ4n) is 1.94. The molecule has 0 bridgehead atoms. The van der Waals surface area contributed by atoms with Crippen LogP contribution in [0.15, 0.2) is 40.4 Å². The molecular formula is C14H12Cl2O4. The summed E-state index contributed by atoms with van der Waals surface area (Å²) in [5.41, 5.74) is -1.39. The van der Waals surface area contributed by atoms with Gasteiger partial charge in [0.2, 0.25) is 0 Å². The highest BCUT2D eigenvalue weighted by molar-refractivity contribution is 6.46. The summed E-state index contributed by atoms with van der Waals surface area (Å²) >= 11 is 11.8. The van der Waals surface area contributed by atoms with E-state index in [0.717, 1.165) is 6.08 Å². The highest BCUT2D eigenvalue weighted by Gasteiger charge is 2.38. The fourth-order valence-corrected chi connectivity index (χ4v) is 2.40. The lowest BCUT2D eigenvalue weighted by atomic mass is 9.88. The van der Waals surface area contributed by atoms with Gasteiger partial charge in [-0.25, -0.2) is 0 Å². The number of hydrogen-bond donors (Lipinski definition) is 1. The summed E-state index contributed by atoms with van der Waals surface area (Å²) in [5.74, 6) is 0.457. The number of allylic oxidation sites excluding steroid dienone is 2. The van der Waals surface area contributed by atoms with Crippen molar-refractivity contribution in [2.24, 2.45) is 0 Å². The standard InChI is InChI=1S/C14H12Cl2O4/c1-19-8-3-4-12(20-2)9(5-8)14(18)7-10(15)11(17)6-13(14)16/h3-7,18H,1-2H3. The molecule has 1 atom stereocenters. The monoisotopic (exact) mass is 314 g/mol. The van der Waals surface area contributed by atoms with Crippen LogP contribution in [0.1, 0.15) is 5.56 Å². The van der Waals surface area contributed by atoms with Crippen molar-refractivity contribution in [3.8, 4) is 11.5 Å². The molecule has 1 aromatic carbocycles. The van der Waals surface area contributed by atoms with E-state index in [2.05, 4.69) is 0 Å². The Bertz CT molecular complexity index is 622. The summed E-state index contributed by atoms with van der Waals surface area (Å²) in [6.45, 7) is 0. The Kier molecular flexibility index (Phi) is 4.09. The van der Waals surface area contributed by atoms with Gasteiger partial charge >= 0.3 is 0 Å². The maximum absolute atomic E-state index is 11.5. The Hall–Kier alpha value is -1.49. The summed E-state index contributed by atoms with van der Waals surface area (Å²) in [5, 5.41) is 10.6. The number of carbonyl (C=O) groups excluding carboxylic acids is 1. The van der Waals surface area contributed by atoms with E-state index in [-0.39, 0.29) is 10.1 Å². The van der Waals surface area contributed by atoms with Gasteiger partial charge in [0.15, 0.2) is 5.78 Å². The minimum atomic E-state index is -1.73. The topological polar surface area (TPSA) is 55.8 Å². The van der Waals surface area contributed by atoms with E-state index in [0.29, 0.717) is 17.1 Å². The summed E-state index contributed by atoms with van der Waals surface area (Å²) in [6, 6.07) is 4.89. The zero-order valence-corrected chi connectivity index (χ0v) is 12.3. The highest BCUT2D eigenvalue weighted by Crippen LogP contribution is 2.43. The SMILES string of the molecule is COc1ccc(OC)c(C2(O)C=C(Cl)C(=O)C=C2Cl)c1. The molecule has 6 heteroatoms. The summed E-state index contributed by atoms with van der Waals surface area (Å²) in [6.07, 6.45) is 2.28. The van der Waals surface area contributed by atoms with Crippen molar-refractivity contribution >= 4 is 29.0 Å². The van der Waals surface area contributed by atoms with E-state index < -0.39 is 11.4 Å². The van der Waals surface area contributed by atoms with Gasteiger partial charge in [0.05, 0.1) is 24.3 Å². The molecule has 1 unspecified atom stereocenters. The predicted molar refractivity (Wildman–Crippen MR) is 76.3 cm³/mol. The Balaban J connectivity index is 2.65. The Morgan fingerprint density at radius 3 is 2.50 bits per heavy atom. The van der Waals surface area contributed by atoms with Crippen molar-refractivity contribution in [3.05, 3.63) is 46.0 Å². The van der Waals surface area contributed by atoms with Crippen LogP contribution in [0.2, 0.25) is 0 Å². The van der Waals surface area contributed by atoms with E-state index in [1.165, 1.54) is 20.3 Å². The van der Waals surface area contributed by atoms with E-state index >= 15 is 0 Å². The van der Waals surface area contributed by atoms with Crippen LogP contribution in [0.25, 0.3) is 0 Å². The van der Waals surface area contributed by atoms with Crippen molar-refractivity contribution in [2.75, 3.05) is 14.2 Å². The Morgan fingerprint density at radius 2 is 1.90 bits per heavy atom. The molecule has 0 spiro atoms. The van der Waals surface area contributed by atoms with E-state index in [9.17, 15) is 9.90 Å². The molecule has 20 heavy (non-hydrogen) atoms. The lowest BCUT2D eigenvalue weighted by Gasteiger charge is -2.29. The number of carbonyl (C=O) groups is 1. The molecular weight excluding hydrogens is 303 g/mol. The summed E-state index contributed by atoms with van der Waals surface area (Å²) in [4.78, 5) is 11.5. The van der Waals surface area contributed by atoms with Gasteiger partial charge in [-0.3, -0.25) is 4.79 Å². The average molecular weight is 315 g/mol. The molecule has 1 N–H and O–H groups in total. The van der Waals surface area contributed by atoms with Crippen molar-refractivity contribution in [2.45, 2.75) is 5.60 Å². The van der Waals surface area contributed by atoms with E-state index in [4.69, 9.17) is 32.7 Å².